The summed E-state index contributed by atoms with van der Waals surface area (Å²) in [4.78, 5) is 29.0. The van der Waals surface area contributed by atoms with E-state index in [9.17, 15) is 14.7 Å². The van der Waals surface area contributed by atoms with Gasteiger partial charge in [-0.1, -0.05) is 0 Å². The predicted molar refractivity (Wildman–Crippen MR) is 90.7 cm³/mol. The molecule has 1 fully saturated rings. The van der Waals surface area contributed by atoms with E-state index in [1.54, 1.807) is 29.9 Å². The fourth-order valence-corrected chi connectivity index (χ4v) is 2.94. The summed E-state index contributed by atoms with van der Waals surface area (Å²) in [6, 6.07) is 3.71. The Morgan fingerprint density at radius 1 is 1.31 bits per heavy atom. The van der Waals surface area contributed by atoms with Crippen molar-refractivity contribution in [1.29, 1.82) is 0 Å². The van der Waals surface area contributed by atoms with Crippen LogP contribution in [0.3, 0.4) is 0 Å². The van der Waals surface area contributed by atoms with Crippen molar-refractivity contribution in [2.75, 3.05) is 12.1 Å². The third-order valence-corrected chi connectivity index (χ3v) is 4.46. The van der Waals surface area contributed by atoms with Gasteiger partial charge < -0.3 is 5.11 Å². The molecule has 1 aliphatic carbocycles. The van der Waals surface area contributed by atoms with Gasteiger partial charge in [0.05, 0.1) is 11.9 Å². The van der Waals surface area contributed by atoms with Crippen LogP contribution >= 0.6 is 0 Å². The van der Waals surface area contributed by atoms with Gasteiger partial charge >= 0.3 is 5.97 Å². The number of rotatable bonds is 5. The van der Waals surface area contributed by atoms with E-state index in [4.69, 9.17) is 0 Å². The lowest BCUT2D eigenvalue weighted by atomic mass is 10.2. The van der Waals surface area contributed by atoms with Gasteiger partial charge in [-0.15, -0.1) is 0 Å². The Labute approximate surface area is 148 Å². The van der Waals surface area contributed by atoms with E-state index < -0.39 is 11.9 Å². The van der Waals surface area contributed by atoms with E-state index in [0.29, 0.717) is 11.3 Å². The molecule has 1 saturated carbocycles. The quantitative estimate of drug-likeness (QED) is 0.675. The van der Waals surface area contributed by atoms with Crippen molar-refractivity contribution >= 4 is 23.2 Å². The molecular formula is C16H17N7O3. The Kier molecular flexibility index (Phi) is 3.69. The number of aryl methyl sites for hydroxylation is 1. The van der Waals surface area contributed by atoms with Gasteiger partial charge in [0.15, 0.2) is 5.65 Å². The number of aromatic nitrogens is 5. The number of nitrogens with zero attached hydrogens (tertiary/aromatic N) is 7. The van der Waals surface area contributed by atoms with Crippen molar-refractivity contribution < 1.29 is 14.7 Å². The lowest BCUT2D eigenvalue weighted by Gasteiger charge is -2.32. The molecule has 3 heterocycles. The number of carboxylic acid groups (broad SMARTS) is 1. The Hall–Kier alpha value is -3.27. The third kappa shape index (κ3) is 2.60. The van der Waals surface area contributed by atoms with Gasteiger partial charge in [0.25, 0.3) is 5.91 Å². The first kappa shape index (κ1) is 16.2. The van der Waals surface area contributed by atoms with Gasteiger partial charge in [-0.3, -0.25) is 9.48 Å². The molecule has 3 aromatic heterocycles. The van der Waals surface area contributed by atoms with Gasteiger partial charge in [-0.25, -0.2) is 24.3 Å². The highest BCUT2D eigenvalue weighted by Crippen LogP contribution is 2.31. The zero-order valence-electron chi connectivity index (χ0n) is 14.3. The molecular weight excluding hydrogens is 338 g/mol. The second-order valence-corrected chi connectivity index (χ2v) is 6.21. The Balaban J connectivity index is 1.82. The Bertz CT molecular complexity index is 1000. The zero-order chi connectivity index (χ0) is 18.4. The van der Waals surface area contributed by atoms with Gasteiger partial charge in [0.2, 0.25) is 0 Å². The van der Waals surface area contributed by atoms with E-state index in [-0.39, 0.29) is 17.3 Å². The molecule has 1 amide bonds. The summed E-state index contributed by atoms with van der Waals surface area (Å²) < 4.78 is 2.88. The van der Waals surface area contributed by atoms with Crippen molar-refractivity contribution in [3.05, 3.63) is 42.1 Å². The average molecular weight is 355 g/mol. The molecule has 1 N–H and O–H groups in total. The first-order chi connectivity index (χ1) is 12.5. The normalized spacial score (nSPS) is 14.1. The van der Waals surface area contributed by atoms with Gasteiger partial charge in [0.1, 0.15) is 17.6 Å². The molecule has 1 aliphatic rings. The van der Waals surface area contributed by atoms with E-state index in [1.807, 2.05) is 12.1 Å². The molecule has 0 saturated heterocycles. The molecule has 10 nitrogen and oxygen atoms in total. The number of hydrazine groups is 1. The van der Waals surface area contributed by atoms with Crippen LogP contribution in [-0.2, 0) is 7.05 Å². The Morgan fingerprint density at radius 2 is 2.08 bits per heavy atom. The summed E-state index contributed by atoms with van der Waals surface area (Å²) >= 11 is 0. The van der Waals surface area contributed by atoms with Crippen LogP contribution in [-0.4, -0.2) is 59.5 Å². The second kappa shape index (κ2) is 5.92. The zero-order valence-corrected chi connectivity index (χ0v) is 14.3. The largest absolute Gasteiger partial charge is 0.478 e. The van der Waals surface area contributed by atoms with Crippen molar-refractivity contribution in [2.24, 2.45) is 7.05 Å². The van der Waals surface area contributed by atoms with Crippen LogP contribution in [0.4, 0.5) is 5.69 Å². The molecule has 0 spiro atoms. The highest BCUT2D eigenvalue weighted by atomic mass is 16.4. The molecule has 134 valence electrons. The fourth-order valence-electron chi connectivity index (χ4n) is 2.94. The van der Waals surface area contributed by atoms with Gasteiger partial charge in [-0.2, -0.15) is 10.2 Å². The molecule has 0 unspecified atom stereocenters. The number of pyridine rings is 1. The smallest absolute Gasteiger partial charge is 0.339 e. The second-order valence-electron chi connectivity index (χ2n) is 6.21. The van der Waals surface area contributed by atoms with E-state index in [2.05, 4.69) is 15.2 Å². The number of aromatic carboxylic acids is 1. The minimum atomic E-state index is -1.19. The van der Waals surface area contributed by atoms with Crippen LogP contribution in [0.1, 0.15) is 33.7 Å². The third-order valence-electron chi connectivity index (χ3n) is 4.46. The molecule has 10 heteroatoms. The summed E-state index contributed by atoms with van der Waals surface area (Å²) in [7, 11) is 3.37. The summed E-state index contributed by atoms with van der Waals surface area (Å²) in [5, 5.41) is 20.7. The van der Waals surface area contributed by atoms with Crippen LogP contribution in [0.2, 0.25) is 0 Å². The van der Waals surface area contributed by atoms with Gasteiger partial charge in [-0.05, 0) is 18.9 Å². The van der Waals surface area contributed by atoms with E-state index >= 15 is 0 Å². The van der Waals surface area contributed by atoms with Crippen molar-refractivity contribution in [1.82, 2.24) is 29.4 Å². The first-order valence-corrected chi connectivity index (χ1v) is 8.09. The van der Waals surface area contributed by atoms with Crippen LogP contribution < -0.4 is 5.01 Å². The maximum Gasteiger partial charge on any atom is 0.339 e. The van der Waals surface area contributed by atoms with Crippen molar-refractivity contribution in [3.8, 4) is 0 Å². The van der Waals surface area contributed by atoms with Crippen LogP contribution in [0, 0.1) is 0 Å². The van der Waals surface area contributed by atoms with Crippen molar-refractivity contribution in [3.63, 3.8) is 0 Å². The molecule has 26 heavy (non-hydrogen) atoms. The fraction of sp³-hybridized carbons (Fsp3) is 0.312. The molecule has 0 atom stereocenters. The van der Waals surface area contributed by atoms with Gasteiger partial charge in [0, 0.05) is 32.4 Å². The number of anilines is 1. The minimum absolute atomic E-state index is 0.0198. The monoisotopic (exact) mass is 355 g/mol. The Morgan fingerprint density at radius 3 is 2.77 bits per heavy atom. The highest BCUT2D eigenvalue weighted by molar-refractivity contribution is 6.10. The number of carboxylic acids is 1. The lowest BCUT2D eigenvalue weighted by Crippen LogP contribution is -2.46. The number of hydrogen-bond donors (Lipinski definition) is 1. The number of carbonyl (C=O) groups excluding carboxylic acids is 1. The van der Waals surface area contributed by atoms with Crippen LogP contribution in [0.5, 0.6) is 0 Å². The summed E-state index contributed by atoms with van der Waals surface area (Å²) in [5.74, 6) is -1.65. The van der Waals surface area contributed by atoms with Crippen molar-refractivity contribution in [2.45, 2.75) is 18.9 Å². The number of amides is 1. The topological polar surface area (TPSA) is 109 Å². The van der Waals surface area contributed by atoms with Crippen LogP contribution in [0.15, 0.2) is 30.9 Å². The van der Waals surface area contributed by atoms with E-state index in [0.717, 1.165) is 12.8 Å². The lowest BCUT2D eigenvalue weighted by molar-refractivity contribution is 0.0689. The van der Waals surface area contributed by atoms with E-state index in [1.165, 1.54) is 22.2 Å². The summed E-state index contributed by atoms with van der Waals surface area (Å²) in [6.07, 6.45) is 6.28. The molecule has 0 bridgehead atoms. The number of fused-ring (bicyclic) bond motifs is 1. The summed E-state index contributed by atoms with van der Waals surface area (Å²) in [6.45, 7) is 0. The maximum absolute atomic E-state index is 13.3. The SMILES string of the molecule is CN(C1CC1)N(C(=O)c1c(C(=O)O)cnn1C)c1ccn2ncnc2c1. The predicted octanol–water partition coefficient (Wildman–Crippen LogP) is 0.817. The highest BCUT2D eigenvalue weighted by Gasteiger charge is 2.36. The molecule has 4 rings (SSSR count). The average Bonchev–Trinajstić information content (AvgIpc) is 3.23. The number of carbonyl (C=O) groups is 2. The molecule has 0 aliphatic heterocycles. The summed E-state index contributed by atoms with van der Waals surface area (Å²) in [5.41, 5.74) is 1.07. The standard InChI is InChI=1S/C16H17N7O3/c1-20-14(12(8-18-20)16(25)26)15(24)23(21(2)10-3-4-10)11-5-6-22-13(7-11)17-9-19-22/h5-10H,3-4H2,1-2H3,(H,25,26). The first-order valence-electron chi connectivity index (χ1n) is 8.09. The molecule has 0 radical (unpaired) electrons. The molecule has 0 aromatic carbocycles. The maximum atomic E-state index is 13.3. The van der Waals surface area contributed by atoms with Crippen LogP contribution in [0.25, 0.3) is 5.65 Å². The number of hydrogen-bond acceptors (Lipinski definition) is 6. The minimum Gasteiger partial charge on any atom is -0.478 e. The molecule has 3 aromatic rings.